The second kappa shape index (κ2) is 10.8. The highest BCUT2D eigenvalue weighted by Crippen LogP contribution is 2.27. The third-order valence-electron chi connectivity index (χ3n) is 5.87. The highest BCUT2D eigenvalue weighted by molar-refractivity contribution is 5.96. The maximum atomic E-state index is 12.8. The molecule has 3 aromatic rings. The van der Waals surface area contributed by atoms with Crippen molar-refractivity contribution in [2.45, 2.75) is 44.8 Å². The zero-order valence-electron chi connectivity index (χ0n) is 18.6. The number of nitrogens with one attached hydrogen (secondary N) is 2. The van der Waals surface area contributed by atoms with Crippen LogP contribution in [0.3, 0.4) is 0 Å². The summed E-state index contributed by atoms with van der Waals surface area (Å²) in [4.78, 5) is 33.8. The Bertz CT molecular complexity index is 1060. The number of furan rings is 1. The van der Waals surface area contributed by atoms with Gasteiger partial charge in [-0.15, -0.1) is 0 Å². The summed E-state index contributed by atoms with van der Waals surface area (Å²) in [6.07, 6.45) is 8.51. The van der Waals surface area contributed by atoms with Crippen molar-refractivity contribution in [1.82, 2.24) is 20.6 Å². The smallest absolute Gasteiger partial charge is 0.287 e. The maximum Gasteiger partial charge on any atom is 0.287 e. The predicted molar refractivity (Wildman–Crippen MR) is 122 cm³/mol. The average Bonchev–Trinajstić information content (AvgIpc) is 3.37. The number of pyridine rings is 2. The fraction of sp³-hybridized carbons (Fsp3) is 0.360. The Labute approximate surface area is 192 Å². The number of hydrogen-bond acceptors (Lipinski definition) is 6. The Kier molecular flexibility index (Phi) is 7.34. The van der Waals surface area contributed by atoms with Crippen molar-refractivity contribution in [3.8, 4) is 17.2 Å². The van der Waals surface area contributed by atoms with Crippen LogP contribution in [0.1, 0.15) is 48.4 Å². The van der Waals surface area contributed by atoms with Gasteiger partial charge in [0.25, 0.3) is 5.91 Å². The number of aromatic nitrogens is 2. The summed E-state index contributed by atoms with van der Waals surface area (Å²) in [5.74, 6) is 0.769. The molecule has 0 aliphatic heterocycles. The van der Waals surface area contributed by atoms with Gasteiger partial charge < -0.3 is 19.8 Å². The summed E-state index contributed by atoms with van der Waals surface area (Å²) in [7, 11) is 1.59. The van der Waals surface area contributed by atoms with Crippen molar-refractivity contribution in [3.05, 3.63) is 66.3 Å². The summed E-state index contributed by atoms with van der Waals surface area (Å²) in [5.41, 5.74) is 1.40. The molecule has 33 heavy (non-hydrogen) atoms. The van der Waals surface area contributed by atoms with Crippen LogP contribution >= 0.6 is 0 Å². The number of likely N-dealkylation sites (N-methyl/N-ethyl adjacent to an activating group) is 1. The summed E-state index contributed by atoms with van der Waals surface area (Å²) in [5, 5.41) is 5.54. The summed E-state index contributed by atoms with van der Waals surface area (Å²) >= 11 is 0. The zero-order chi connectivity index (χ0) is 23.0. The highest BCUT2D eigenvalue weighted by Gasteiger charge is 2.31. The standard InChI is InChI=1S/C25H28N4O4/c1-26-25(31)23(17-7-3-2-4-8-17)29-24(30)22-13-12-21(33-22)20-11-10-19(15-28-20)32-16-18-9-5-6-14-27-18/h5-6,9-15,17,23H,2-4,7-8,16H2,1H3,(H,26,31)(H,29,30)/t23-/m0/s1. The summed E-state index contributed by atoms with van der Waals surface area (Å²) < 4.78 is 11.4. The predicted octanol–water partition coefficient (Wildman–Crippen LogP) is 3.74. The molecule has 8 heteroatoms. The number of hydrogen-bond donors (Lipinski definition) is 2. The van der Waals surface area contributed by atoms with E-state index in [0.29, 0.717) is 23.8 Å². The second-order valence-electron chi connectivity index (χ2n) is 8.12. The first-order chi connectivity index (χ1) is 16.1. The molecule has 0 aromatic carbocycles. The van der Waals surface area contributed by atoms with Crippen LogP contribution in [0.25, 0.3) is 11.5 Å². The van der Waals surface area contributed by atoms with Gasteiger partial charge in [-0.1, -0.05) is 25.3 Å². The van der Waals surface area contributed by atoms with Crippen molar-refractivity contribution in [3.63, 3.8) is 0 Å². The molecule has 3 heterocycles. The van der Waals surface area contributed by atoms with E-state index in [9.17, 15) is 9.59 Å². The summed E-state index contributed by atoms with van der Waals surface area (Å²) in [6.45, 7) is 0.348. The van der Waals surface area contributed by atoms with E-state index in [0.717, 1.165) is 31.4 Å². The molecule has 1 aliphatic carbocycles. The molecule has 0 unspecified atom stereocenters. The Morgan fingerprint density at radius 1 is 1.09 bits per heavy atom. The fourth-order valence-corrected chi connectivity index (χ4v) is 4.08. The van der Waals surface area contributed by atoms with Gasteiger partial charge in [0.05, 0.1) is 11.9 Å². The van der Waals surface area contributed by atoms with Crippen LogP contribution in [0.15, 0.2) is 59.3 Å². The van der Waals surface area contributed by atoms with Gasteiger partial charge in [0.2, 0.25) is 5.91 Å². The van der Waals surface area contributed by atoms with Crippen LogP contribution in [0.2, 0.25) is 0 Å². The Hall–Kier alpha value is -3.68. The minimum Gasteiger partial charge on any atom is -0.486 e. The zero-order valence-corrected chi connectivity index (χ0v) is 18.6. The van der Waals surface area contributed by atoms with Gasteiger partial charge in [-0.3, -0.25) is 14.6 Å². The molecule has 0 radical (unpaired) electrons. The number of carbonyl (C=O) groups excluding carboxylic acids is 2. The van der Waals surface area contributed by atoms with Crippen LogP contribution in [0.4, 0.5) is 0 Å². The minimum atomic E-state index is -0.565. The van der Waals surface area contributed by atoms with Gasteiger partial charge >= 0.3 is 0 Å². The van der Waals surface area contributed by atoms with Crippen molar-refractivity contribution < 1.29 is 18.7 Å². The molecule has 1 saturated carbocycles. The van der Waals surface area contributed by atoms with Gasteiger partial charge in [0, 0.05) is 13.2 Å². The minimum absolute atomic E-state index is 0.136. The van der Waals surface area contributed by atoms with Crippen molar-refractivity contribution in [2.24, 2.45) is 5.92 Å². The second-order valence-corrected chi connectivity index (χ2v) is 8.12. The first-order valence-electron chi connectivity index (χ1n) is 11.3. The quantitative estimate of drug-likeness (QED) is 0.544. The van der Waals surface area contributed by atoms with Crippen molar-refractivity contribution in [2.75, 3.05) is 7.05 Å². The largest absolute Gasteiger partial charge is 0.486 e. The van der Waals surface area contributed by atoms with E-state index in [-0.39, 0.29) is 17.6 Å². The van der Waals surface area contributed by atoms with Crippen LogP contribution in [-0.2, 0) is 11.4 Å². The first-order valence-corrected chi connectivity index (χ1v) is 11.3. The van der Waals surface area contributed by atoms with E-state index in [2.05, 4.69) is 20.6 Å². The van der Waals surface area contributed by atoms with Crippen LogP contribution < -0.4 is 15.4 Å². The lowest BCUT2D eigenvalue weighted by Gasteiger charge is -2.29. The first kappa shape index (κ1) is 22.5. The monoisotopic (exact) mass is 448 g/mol. The van der Waals surface area contributed by atoms with Gasteiger partial charge in [-0.2, -0.15) is 0 Å². The normalized spacial score (nSPS) is 14.9. The van der Waals surface area contributed by atoms with E-state index in [4.69, 9.17) is 9.15 Å². The number of rotatable bonds is 8. The van der Waals surface area contributed by atoms with E-state index < -0.39 is 11.9 Å². The average molecular weight is 449 g/mol. The molecule has 172 valence electrons. The Morgan fingerprint density at radius 2 is 1.94 bits per heavy atom. The van der Waals surface area contributed by atoms with Gasteiger partial charge in [-0.25, -0.2) is 4.98 Å². The molecule has 1 atom stereocenters. The molecule has 3 aromatic heterocycles. The van der Waals surface area contributed by atoms with E-state index in [1.807, 2.05) is 18.2 Å². The lowest BCUT2D eigenvalue weighted by Crippen LogP contribution is -2.50. The molecule has 1 fully saturated rings. The van der Waals surface area contributed by atoms with Crippen LogP contribution in [-0.4, -0.2) is 34.9 Å². The van der Waals surface area contributed by atoms with Crippen LogP contribution in [0.5, 0.6) is 5.75 Å². The van der Waals surface area contributed by atoms with Crippen molar-refractivity contribution in [1.29, 1.82) is 0 Å². The molecule has 1 aliphatic rings. The fourth-order valence-electron chi connectivity index (χ4n) is 4.08. The lowest BCUT2D eigenvalue weighted by atomic mass is 9.83. The van der Waals surface area contributed by atoms with E-state index in [1.54, 1.807) is 43.7 Å². The molecule has 8 nitrogen and oxygen atoms in total. The molecular formula is C25H28N4O4. The molecule has 0 saturated heterocycles. The van der Waals surface area contributed by atoms with Gasteiger partial charge in [0.1, 0.15) is 24.1 Å². The number of carbonyl (C=O) groups is 2. The lowest BCUT2D eigenvalue weighted by molar-refractivity contribution is -0.124. The third-order valence-corrected chi connectivity index (χ3v) is 5.87. The summed E-state index contributed by atoms with van der Waals surface area (Å²) in [6, 6.07) is 11.9. The van der Waals surface area contributed by atoms with E-state index in [1.165, 1.54) is 6.42 Å². The molecule has 2 N–H and O–H groups in total. The number of amides is 2. The number of ether oxygens (including phenoxy) is 1. The third kappa shape index (κ3) is 5.77. The molecule has 2 amide bonds. The molecule has 0 spiro atoms. The van der Waals surface area contributed by atoms with Gasteiger partial charge in [0.15, 0.2) is 11.5 Å². The van der Waals surface area contributed by atoms with Crippen molar-refractivity contribution >= 4 is 11.8 Å². The highest BCUT2D eigenvalue weighted by atomic mass is 16.5. The van der Waals surface area contributed by atoms with E-state index >= 15 is 0 Å². The van der Waals surface area contributed by atoms with Gasteiger partial charge in [-0.05, 0) is 55.2 Å². The number of nitrogens with zero attached hydrogens (tertiary/aromatic N) is 2. The SMILES string of the molecule is CNC(=O)[C@@H](NC(=O)c1ccc(-c2ccc(OCc3ccccn3)cn2)o1)C1CCCCC1. The Morgan fingerprint density at radius 3 is 2.64 bits per heavy atom. The van der Waals surface area contributed by atoms with Crippen LogP contribution in [0, 0.1) is 5.92 Å². The molecular weight excluding hydrogens is 420 g/mol. The Balaban J connectivity index is 1.39. The molecule has 0 bridgehead atoms. The molecule has 4 rings (SSSR count). The topological polar surface area (TPSA) is 106 Å². The maximum absolute atomic E-state index is 12.8.